The molecule has 4 heteroatoms. The van der Waals surface area contributed by atoms with E-state index in [4.69, 9.17) is 10.5 Å². The number of amides is 1. The fraction of sp³-hybridized carbons (Fsp3) is 0.533. The van der Waals surface area contributed by atoms with Gasteiger partial charge in [0.15, 0.2) is 0 Å². The highest BCUT2D eigenvalue weighted by Gasteiger charge is 2.42. The zero-order chi connectivity index (χ0) is 13.7. The molecule has 1 fully saturated rings. The second kappa shape index (κ2) is 6.17. The Labute approximate surface area is 114 Å². The van der Waals surface area contributed by atoms with Crippen molar-refractivity contribution in [1.82, 2.24) is 5.32 Å². The largest absolute Gasteiger partial charge is 0.385 e. The van der Waals surface area contributed by atoms with E-state index in [1.165, 1.54) is 0 Å². The number of hydrogen-bond donors (Lipinski definition) is 2. The van der Waals surface area contributed by atoms with E-state index in [0.29, 0.717) is 6.54 Å². The van der Waals surface area contributed by atoms with Gasteiger partial charge in [0.1, 0.15) is 6.04 Å². The Hall–Kier alpha value is -1.39. The van der Waals surface area contributed by atoms with Crippen LogP contribution in [0, 0.1) is 5.41 Å². The maximum Gasteiger partial charge on any atom is 0.241 e. The Balaban J connectivity index is 1.81. The molecule has 1 aromatic carbocycles. The Morgan fingerprint density at radius 3 is 2.68 bits per heavy atom. The first-order valence-electron chi connectivity index (χ1n) is 6.74. The molecule has 3 N–H and O–H groups in total. The average Bonchev–Trinajstić information content (AvgIpc) is 3.23. The number of nitrogens with one attached hydrogen (secondary N) is 1. The molecule has 0 saturated heterocycles. The molecule has 1 aromatic rings. The molecular formula is C15H22N2O2. The van der Waals surface area contributed by atoms with Crippen molar-refractivity contribution in [3.8, 4) is 0 Å². The number of rotatable bonds is 7. The summed E-state index contributed by atoms with van der Waals surface area (Å²) in [7, 11) is 1.71. The third-order valence-electron chi connectivity index (χ3n) is 3.87. The van der Waals surface area contributed by atoms with Gasteiger partial charge in [0.05, 0.1) is 0 Å². The summed E-state index contributed by atoms with van der Waals surface area (Å²) in [6.07, 6.45) is 3.33. The van der Waals surface area contributed by atoms with Crippen LogP contribution in [-0.2, 0) is 9.53 Å². The summed E-state index contributed by atoms with van der Waals surface area (Å²) >= 11 is 0. The number of ether oxygens (including phenoxy) is 1. The Morgan fingerprint density at radius 1 is 1.42 bits per heavy atom. The Kier molecular flexibility index (Phi) is 4.56. The fourth-order valence-electron chi connectivity index (χ4n) is 2.21. The van der Waals surface area contributed by atoms with Crippen molar-refractivity contribution in [2.45, 2.75) is 25.3 Å². The van der Waals surface area contributed by atoms with Gasteiger partial charge < -0.3 is 15.8 Å². The quantitative estimate of drug-likeness (QED) is 0.785. The molecule has 1 atom stereocenters. The molecule has 0 unspecified atom stereocenters. The van der Waals surface area contributed by atoms with Crippen LogP contribution in [0.5, 0.6) is 0 Å². The van der Waals surface area contributed by atoms with Gasteiger partial charge in [-0.3, -0.25) is 4.79 Å². The normalized spacial score (nSPS) is 17.8. The van der Waals surface area contributed by atoms with Crippen molar-refractivity contribution < 1.29 is 9.53 Å². The number of carbonyl (C=O) groups excluding carboxylic acids is 1. The maximum atomic E-state index is 12.0. The zero-order valence-corrected chi connectivity index (χ0v) is 11.4. The van der Waals surface area contributed by atoms with Crippen molar-refractivity contribution in [1.29, 1.82) is 0 Å². The summed E-state index contributed by atoms with van der Waals surface area (Å²) in [5.74, 6) is -0.102. The van der Waals surface area contributed by atoms with E-state index in [-0.39, 0.29) is 11.3 Å². The van der Waals surface area contributed by atoms with Crippen LogP contribution in [0.1, 0.15) is 30.9 Å². The molecule has 1 saturated carbocycles. The molecule has 0 radical (unpaired) electrons. The first-order chi connectivity index (χ1) is 9.17. The number of carbonyl (C=O) groups is 1. The van der Waals surface area contributed by atoms with Crippen LogP contribution in [0.3, 0.4) is 0 Å². The smallest absolute Gasteiger partial charge is 0.241 e. The van der Waals surface area contributed by atoms with Gasteiger partial charge in [-0.15, -0.1) is 0 Å². The first kappa shape index (κ1) is 14.0. The van der Waals surface area contributed by atoms with E-state index in [1.54, 1.807) is 7.11 Å². The second-order valence-electron chi connectivity index (χ2n) is 5.35. The summed E-state index contributed by atoms with van der Waals surface area (Å²) < 4.78 is 5.10. The minimum Gasteiger partial charge on any atom is -0.385 e. The lowest BCUT2D eigenvalue weighted by atomic mass is 10.0. The van der Waals surface area contributed by atoms with Crippen LogP contribution >= 0.6 is 0 Å². The number of methoxy groups -OCH3 is 1. The molecule has 0 aliphatic heterocycles. The van der Waals surface area contributed by atoms with Gasteiger partial charge in [-0.05, 0) is 30.2 Å². The molecular weight excluding hydrogens is 240 g/mol. The van der Waals surface area contributed by atoms with Gasteiger partial charge >= 0.3 is 0 Å². The molecule has 2 rings (SSSR count). The van der Waals surface area contributed by atoms with Crippen LogP contribution < -0.4 is 11.1 Å². The van der Waals surface area contributed by atoms with Gasteiger partial charge in [0, 0.05) is 20.3 Å². The second-order valence-corrected chi connectivity index (χ2v) is 5.35. The van der Waals surface area contributed by atoms with Crippen LogP contribution in [0.4, 0.5) is 0 Å². The Bertz CT molecular complexity index is 415. The van der Waals surface area contributed by atoms with E-state index >= 15 is 0 Å². The van der Waals surface area contributed by atoms with Gasteiger partial charge in [-0.25, -0.2) is 0 Å². The summed E-state index contributed by atoms with van der Waals surface area (Å²) in [5.41, 5.74) is 7.05. The number of benzene rings is 1. The fourth-order valence-corrected chi connectivity index (χ4v) is 2.21. The van der Waals surface area contributed by atoms with Crippen LogP contribution in [0.2, 0.25) is 0 Å². The van der Waals surface area contributed by atoms with Crippen LogP contribution in [0.25, 0.3) is 0 Å². The minimum absolute atomic E-state index is 0.102. The van der Waals surface area contributed by atoms with Gasteiger partial charge in [0.25, 0.3) is 0 Å². The molecule has 104 valence electrons. The number of nitrogens with two attached hydrogens (primary N) is 1. The summed E-state index contributed by atoms with van der Waals surface area (Å²) in [6, 6.07) is 8.87. The molecule has 4 nitrogen and oxygen atoms in total. The van der Waals surface area contributed by atoms with Crippen molar-refractivity contribution >= 4 is 5.91 Å². The summed E-state index contributed by atoms with van der Waals surface area (Å²) in [4.78, 5) is 12.0. The highest BCUT2D eigenvalue weighted by Crippen LogP contribution is 2.48. The predicted octanol–water partition coefficient (Wildman–Crippen LogP) is 1.62. The molecule has 1 aliphatic rings. The lowest BCUT2D eigenvalue weighted by Crippen LogP contribution is -2.37. The van der Waals surface area contributed by atoms with Gasteiger partial charge in [-0.1, -0.05) is 30.3 Å². The van der Waals surface area contributed by atoms with E-state index in [2.05, 4.69) is 5.32 Å². The lowest BCUT2D eigenvalue weighted by Gasteiger charge is -2.18. The Morgan fingerprint density at radius 2 is 2.11 bits per heavy atom. The molecule has 0 heterocycles. The third kappa shape index (κ3) is 3.78. The van der Waals surface area contributed by atoms with Gasteiger partial charge in [-0.2, -0.15) is 0 Å². The van der Waals surface area contributed by atoms with Crippen molar-refractivity contribution in [2.75, 3.05) is 20.3 Å². The highest BCUT2D eigenvalue weighted by molar-refractivity contribution is 5.82. The SMILES string of the molecule is COCCC1(CNC(=O)[C@@H](N)c2ccccc2)CC1. The van der Waals surface area contributed by atoms with Crippen molar-refractivity contribution in [3.05, 3.63) is 35.9 Å². The molecule has 0 aromatic heterocycles. The predicted molar refractivity (Wildman–Crippen MR) is 74.5 cm³/mol. The number of hydrogen-bond acceptors (Lipinski definition) is 3. The van der Waals surface area contributed by atoms with Crippen LogP contribution in [-0.4, -0.2) is 26.2 Å². The standard InChI is InChI=1S/C15H22N2O2/c1-19-10-9-15(7-8-15)11-17-14(18)13(16)12-5-3-2-4-6-12/h2-6,13H,7-11,16H2,1H3,(H,17,18)/t13-/m0/s1. The zero-order valence-electron chi connectivity index (χ0n) is 11.4. The molecule has 19 heavy (non-hydrogen) atoms. The lowest BCUT2D eigenvalue weighted by molar-refractivity contribution is -0.122. The van der Waals surface area contributed by atoms with E-state index in [0.717, 1.165) is 31.4 Å². The average molecular weight is 262 g/mol. The first-order valence-corrected chi connectivity index (χ1v) is 6.74. The minimum atomic E-state index is -0.584. The summed E-state index contributed by atoms with van der Waals surface area (Å²) in [6.45, 7) is 1.45. The monoisotopic (exact) mass is 262 g/mol. The summed E-state index contributed by atoms with van der Waals surface area (Å²) in [5, 5.41) is 2.97. The van der Waals surface area contributed by atoms with Crippen LogP contribution in [0.15, 0.2) is 30.3 Å². The molecule has 0 bridgehead atoms. The van der Waals surface area contributed by atoms with E-state index in [9.17, 15) is 4.79 Å². The topological polar surface area (TPSA) is 64.3 Å². The molecule has 1 amide bonds. The maximum absolute atomic E-state index is 12.0. The van der Waals surface area contributed by atoms with Gasteiger partial charge in [0.2, 0.25) is 5.91 Å². The third-order valence-corrected chi connectivity index (χ3v) is 3.87. The van der Waals surface area contributed by atoms with Crippen molar-refractivity contribution in [2.24, 2.45) is 11.1 Å². The molecule has 0 spiro atoms. The molecule has 1 aliphatic carbocycles. The highest BCUT2D eigenvalue weighted by atomic mass is 16.5. The van der Waals surface area contributed by atoms with E-state index < -0.39 is 6.04 Å². The van der Waals surface area contributed by atoms with Crippen molar-refractivity contribution in [3.63, 3.8) is 0 Å². The van der Waals surface area contributed by atoms with E-state index in [1.807, 2.05) is 30.3 Å².